The van der Waals surface area contributed by atoms with Crippen LogP contribution < -0.4 is 4.52 Å². The molecule has 0 amide bonds. The number of rotatable bonds is 11. The van der Waals surface area contributed by atoms with Crippen LogP contribution in [0.2, 0.25) is 0 Å². The van der Waals surface area contributed by atoms with Crippen LogP contribution in [0.15, 0.2) is 24.3 Å². The first-order chi connectivity index (χ1) is 10.9. The van der Waals surface area contributed by atoms with E-state index in [-0.39, 0.29) is 18.6 Å². The highest BCUT2D eigenvalue weighted by molar-refractivity contribution is 7.48. The second kappa shape index (κ2) is 9.43. The zero-order valence-corrected chi connectivity index (χ0v) is 15.5. The third-order valence-corrected chi connectivity index (χ3v) is 5.20. The van der Waals surface area contributed by atoms with Gasteiger partial charge in [-0.15, -0.1) is 0 Å². The summed E-state index contributed by atoms with van der Waals surface area (Å²) in [5.74, 6) is 0.418. The van der Waals surface area contributed by atoms with Crippen LogP contribution in [0.5, 0.6) is 5.75 Å². The van der Waals surface area contributed by atoms with E-state index >= 15 is 0 Å². The molecule has 0 saturated carbocycles. The molecule has 0 bridgehead atoms. The van der Waals surface area contributed by atoms with Gasteiger partial charge >= 0.3 is 7.82 Å². The van der Waals surface area contributed by atoms with Crippen LogP contribution in [-0.2, 0) is 19.0 Å². The topological polar surface area (TPSA) is 65.0 Å². The number of unbranched alkanes of at least 4 members (excludes halogenated alkanes) is 2. The van der Waals surface area contributed by atoms with Crippen LogP contribution in [0.4, 0.5) is 0 Å². The lowest BCUT2D eigenvalue weighted by molar-refractivity contribution is 0.142. The van der Waals surface area contributed by atoms with Gasteiger partial charge < -0.3 is 9.63 Å². The van der Waals surface area contributed by atoms with E-state index in [1.807, 2.05) is 12.1 Å². The predicted octanol–water partition coefficient (Wildman–Crippen LogP) is 4.69. The maximum absolute atomic E-state index is 12.2. The monoisotopic (exact) mass is 344 g/mol. The lowest BCUT2D eigenvalue weighted by Gasteiger charge is -2.25. The summed E-state index contributed by atoms with van der Waals surface area (Å²) in [5.41, 5.74) is 1.30. The second-order valence-electron chi connectivity index (χ2n) is 6.14. The molecule has 1 N–H and O–H groups in total. The number of hydrogen-bond donors (Lipinski definition) is 1. The number of aliphatic hydroxyl groups excluding tert-OH is 1. The highest BCUT2D eigenvalue weighted by atomic mass is 31.2. The van der Waals surface area contributed by atoms with Crippen LogP contribution in [0.1, 0.15) is 52.0 Å². The van der Waals surface area contributed by atoms with E-state index in [2.05, 4.69) is 20.8 Å². The van der Waals surface area contributed by atoms with Crippen molar-refractivity contribution in [3.63, 3.8) is 0 Å². The molecule has 0 aliphatic heterocycles. The minimum atomic E-state index is -3.68. The Labute approximate surface area is 139 Å². The fraction of sp³-hybridized carbons (Fsp3) is 0.647. The van der Waals surface area contributed by atoms with Gasteiger partial charge in [0.15, 0.2) is 0 Å². The van der Waals surface area contributed by atoms with Gasteiger partial charge in [0.2, 0.25) is 0 Å². The predicted molar refractivity (Wildman–Crippen MR) is 91.9 cm³/mol. The largest absolute Gasteiger partial charge is 0.529 e. The Bertz CT molecular complexity index is 498. The van der Waals surface area contributed by atoms with Crippen molar-refractivity contribution in [2.75, 3.05) is 20.3 Å². The van der Waals surface area contributed by atoms with Crippen molar-refractivity contribution in [3.05, 3.63) is 29.8 Å². The van der Waals surface area contributed by atoms with Gasteiger partial charge in [-0.3, -0.25) is 9.05 Å². The molecular weight excluding hydrogens is 315 g/mol. The molecule has 0 radical (unpaired) electrons. The molecule has 1 aromatic rings. The molecule has 1 atom stereocenters. The molecule has 0 saturated heterocycles. The molecule has 0 fully saturated rings. The highest BCUT2D eigenvalue weighted by Crippen LogP contribution is 2.48. The molecule has 0 aliphatic rings. The van der Waals surface area contributed by atoms with Gasteiger partial charge in [-0.2, -0.15) is 0 Å². The van der Waals surface area contributed by atoms with E-state index in [0.29, 0.717) is 5.75 Å². The summed E-state index contributed by atoms with van der Waals surface area (Å²) in [6.45, 7) is 6.30. The zero-order chi connectivity index (χ0) is 17.3. The zero-order valence-electron chi connectivity index (χ0n) is 14.6. The minimum Gasteiger partial charge on any atom is -0.404 e. The second-order valence-corrected chi connectivity index (χ2v) is 7.84. The maximum Gasteiger partial charge on any atom is 0.529 e. The standard InChI is InChI=1S/C17H29O5P/c1-5-6-7-12-17(2,3)15-8-10-16(11-9-15)22-23(19,20-4)21-14-13-18/h8-11,18H,5-7,12-14H2,1-4H3. The molecule has 5 nitrogen and oxygen atoms in total. The first-order valence-corrected chi connectivity index (χ1v) is 9.54. The maximum atomic E-state index is 12.2. The average molecular weight is 344 g/mol. The normalized spacial score (nSPS) is 14.5. The van der Waals surface area contributed by atoms with Gasteiger partial charge in [0.25, 0.3) is 0 Å². The Kier molecular flexibility index (Phi) is 8.27. The Hall–Kier alpha value is -0.870. The van der Waals surface area contributed by atoms with Gasteiger partial charge in [0.05, 0.1) is 13.2 Å². The fourth-order valence-electron chi connectivity index (χ4n) is 2.33. The van der Waals surface area contributed by atoms with E-state index in [1.165, 1.54) is 31.9 Å². The first-order valence-electron chi connectivity index (χ1n) is 8.08. The summed E-state index contributed by atoms with van der Waals surface area (Å²) in [6.07, 6.45) is 4.78. The average Bonchev–Trinajstić information content (AvgIpc) is 2.53. The third-order valence-electron chi connectivity index (χ3n) is 3.82. The van der Waals surface area contributed by atoms with Crippen molar-refractivity contribution in [1.82, 2.24) is 0 Å². The van der Waals surface area contributed by atoms with Crippen LogP contribution in [0.3, 0.4) is 0 Å². The molecule has 6 heteroatoms. The lowest BCUT2D eigenvalue weighted by atomic mass is 9.80. The number of phosphoric acid groups is 1. The Morgan fingerprint density at radius 1 is 1.17 bits per heavy atom. The van der Waals surface area contributed by atoms with Crippen LogP contribution in [-0.4, -0.2) is 25.4 Å². The summed E-state index contributed by atoms with van der Waals surface area (Å²) < 4.78 is 27.3. The van der Waals surface area contributed by atoms with E-state index in [1.54, 1.807) is 12.1 Å². The van der Waals surface area contributed by atoms with Crippen molar-refractivity contribution >= 4 is 7.82 Å². The summed E-state index contributed by atoms with van der Waals surface area (Å²) in [5, 5.41) is 8.75. The Morgan fingerprint density at radius 3 is 2.35 bits per heavy atom. The third kappa shape index (κ3) is 6.64. The minimum absolute atomic E-state index is 0.0893. The molecule has 0 aromatic heterocycles. The van der Waals surface area contributed by atoms with Gasteiger partial charge in [-0.1, -0.05) is 52.2 Å². The number of hydrogen-bond acceptors (Lipinski definition) is 5. The Balaban J connectivity index is 2.73. The number of phosphoric ester groups is 1. The highest BCUT2D eigenvalue weighted by Gasteiger charge is 2.27. The molecule has 132 valence electrons. The van der Waals surface area contributed by atoms with Gasteiger partial charge in [-0.25, -0.2) is 4.57 Å². The molecule has 1 unspecified atom stereocenters. The molecule has 0 heterocycles. The van der Waals surface area contributed by atoms with Crippen LogP contribution in [0, 0.1) is 0 Å². The number of benzene rings is 1. The number of aliphatic hydroxyl groups is 1. The fourth-order valence-corrected chi connectivity index (χ4v) is 3.24. The van der Waals surface area contributed by atoms with Crippen molar-refractivity contribution in [3.8, 4) is 5.75 Å². The van der Waals surface area contributed by atoms with Crippen molar-refractivity contribution < 1.29 is 23.2 Å². The van der Waals surface area contributed by atoms with Crippen molar-refractivity contribution in [2.45, 2.75) is 51.9 Å². The molecule has 1 rings (SSSR count). The summed E-state index contributed by atoms with van der Waals surface area (Å²) >= 11 is 0. The first kappa shape index (κ1) is 20.2. The quantitative estimate of drug-likeness (QED) is 0.466. The molecule has 23 heavy (non-hydrogen) atoms. The molecular formula is C17H29O5P. The smallest absolute Gasteiger partial charge is 0.404 e. The van der Waals surface area contributed by atoms with Crippen molar-refractivity contribution in [2.24, 2.45) is 0 Å². The van der Waals surface area contributed by atoms with E-state index in [0.717, 1.165) is 6.42 Å². The lowest BCUT2D eigenvalue weighted by Crippen LogP contribution is -2.16. The van der Waals surface area contributed by atoms with Gasteiger partial charge in [0.1, 0.15) is 5.75 Å². The van der Waals surface area contributed by atoms with Gasteiger partial charge in [0, 0.05) is 7.11 Å². The molecule has 0 spiro atoms. The van der Waals surface area contributed by atoms with E-state index in [4.69, 9.17) is 18.7 Å². The summed E-state index contributed by atoms with van der Waals surface area (Å²) in [6, 6.07) is 7.50. The van der Waals surface area contributed by atoms with Crippen LogP contribution in [0.25, 0.3) is 0 Å². The Morgan fingerprint density at radius 2 is 1.83 bits per heavy atom. The van der Waals surface area contributed by atoms with Gasteiger partial charge in [-0.05, 0) is 29.5 Å². The van der Waals surface area contributed by atoms with E-state index in [9.17, 15) is 4.57 Å². The van der Waals surface area contributed by atoms with Crippen LogP contribution >= 0.6 is 7.82 Å². The molecule has 1 aromatic carbocycles. The van der Waals surface area contributed by atoms with Crippen molar-refractivity contribution in [1.29, 1.82) is 0 Å². The summed E-state index contributed by atoms with van der Waals surface area (Å²) in [7, 11) is -2.42. The van der Waals surface area contributed by atoms with E-state index < -0.39 is 7.82 Å². The summed E-state index contributed by atoms with van der Waals surface area (Å²) in [4.78, 5) is 0. The molecule has 0 aliphatic carbocycles. The SMILES string of the molecule is CCCCCC(C)(C)c1ccc(OP(=O)(OC)OCCO)cc1.